The SMILES string of the molecule is O=C(/C=C/c1ccc(-c2ccc(N3CCCCC3)cc2)cc1)NO. The van der Waals surface area contributed by atoms with E-state index in [9.17, 15) is 4.79 Å². The van der Waals surface area contributed by atoms with Gasteiger partial charge in [0.15, 0.2) is 0 Å². The number of hydrogen-bond acceptors (Lipinski definition) is 3. The molecule has 0 aliphatic carbocycles. The minimum absolute atomic E-state index is 0.535. The van der Waals surface area contributed by atoms with E-state index in [0.717, 1.165) is 24.2 Å². The Hall–Kier alpha value is -2.59. The van der Waals surface area contributed by atoms with Gasteiger partial charge in [0.1, 0.15) is 0 Å². The lowest BCUT2D eigenvalue weighted by Crippen LogP contribution is -2.29. The van der Waals surface area contributed by atoms with Gasteiger partial charge in [-0.2, -0.15) is 0 Å². The average molecular weight is 322 g/mol. The highest BCUT2D eigenvalue weighted by Gasteiger charge is 2.10. The molecule has 24 heavy (non-hydrogen) atoms. The molecule has 0 atom stereocenters. The molecule has 0 bridgehead atoms. The fourth-order valence-electron chi connectivity index (χ4n) is 3.01. The van der Waals surface area contributed by atoms with E-state index in [1.165, 1.54) is 36.6 Å². The molecule has 4 heteroatoms. The zero-order valence-electron chi connectivity index (χ0n) is 13.6. The molecule has 1 aliphatic rings. The van der Waals surface area contributed by atoms with Crippen LogP contribution in [0, 0.1) is 0 Å². The third kappa shape index (κ3) is 4.03. The molecule has 1 saturated heterocycles. The summed E-state index contributed by atoms with van der Waals surface area (Å²) in [5.74, 6) is -0.535. The van der Waals surface area contributed by atoms with Crippen LogP contribution in [0.3, 0.4) is 0 Å². The first kappa shape index (κ1) is 16.3. The topological polar surface area (TPSA) is 52.6 Å². The lowest BCUT2D eigenvalue weighted by atomic mass is 10.0. The van der Waals surface area contributed by atoms with Gasteiger partial charge >= 0.3 is 0 Å². The van der Waals surface area contributed by atoms with E-state index < -0.39 is 5.91 Å². The van der Waals surface area contributed by atoms with E-state index in [1.54, 1.807) is 11.6 Å². The first-order valence-electron chi connectivity index (χ1n) is 8.34. The van der Waals surface area contributed by atoms with Crippen molar-refractivity contribution in [2.75, 3.05) is 18.0 Å². The third-order valence-corrected chi connectivity index (χ3v) is 4.37. The molecule has 0 spiro atoms. The highest BCUT2D eigenvalue weighted by Crippen LogP contribution is 2.25. The summed E-state index contributed by atoms with van der Waals surface area (Å²) >= 11 is 0. The molecular weight excluding hydrogens is 300 g/mol. The molecule has 124 valence electrons. The molecule has 2 aromatic rings. The van der Waals surface area contributed by atoms with Crippen LogP contribution in [0.1, 0.15) is 24.8 Å². The minimum atomic E-state index is -0.535. The van der Waals surface area contributed by atoms with Crippen LogP contribution < -0.4 is 10.4 Å². The summed E-state index contributed by atoms with van der Waals surface area (Å²) in [4.78, 5) is 13.4. The van der Waals surface area contributed by atoms with Crippen LogP contribution in [0.4, 0.5) is 5.69 Å². The van der Waals surface area contributed by atoms with Crippen LogP contribution in [0.5, 0.6) is 0 Å². The molecule has 1 aliphatic heterocycles. The van der Waals surface area contributed by atoms with Crippen LogP contribution in [0.15, 0.2) is 54.6 Å². The van der Waals surface area contributed by atoms with Gasteiger partial charge in [-0.05, 0) is 54.2 Å². The Labute approximate surface area is 142 Å². The van der Waals surface area contributed by atoms with Crippen molar-refractivity contribution in [2.24, 2.45) is 0 Å². The highest BCUT2D eigenvalue weighted by molar-refractivity contribution is 5.90. The molecule has 4 nitrogen and oxygen atoms in total. The number of nitrogens with zero attached hydrogens (tertiary/aromatic N) is 1. The van der Waals surface area contributed by atoms with Crippen molar-refractivity contribution in [3.05, 3.63) is 60.2 Å². The lowest BCUT2D eigenvalue weighted by molar-refractivity contribution is -0.124. The number of rotatable bonds is 4. The van der Waals surface area contributed by atoms with Crippen LogP contribution in [-0.2, 0) is 4.79 Å². The Kier molecular flexibility index (Phi) is 5.29. The second-order valence-electron chi connectivity index (χ2n) is 6.03. The maximum atomic E-state index is 11.0. The molecule has 1 amide bonds. The molecule has 1 fully saturated rings. The van der Waals surface area contributed by atoms with Gasteiger partial charge in [-0.3, -0.25) is 10.0 Å². The van der Waals surface area contributed by atoms with E-state index in [2.05, 4.69) is 29.2 Å². The smallest absolute Gasteiger partial charge is 0.267 e. The van der Waals surface area contributed by atoms with Crippen molar-refractivity contribution in [3.63, 3.8) is 0 Å². The summed E-state index contributed by atoms with van der Waals surface area (Å²) in [5, 5.41) is 8.47. The van der Waals surface area contributed by atoms with Crippen LogP contribution in [0.25, 0.3) is 17.2 Å². The fraction of sp³-hybridized carbons (Fsp3) is 0.250. The lowest BCUT2D eigenvalue weighted by Gasteiger charge is -2.28. The Balaban J connectivity index is 1.70. The predicted molar refractivity (Wildman–Crippen MR) is 96.9 cm³/mol. The van der Waals surface area contributed by atoms with Gasteiger partial charge in [-0.15, -0.1) is 0 Å². The van der Waals surface area contributed by atoms with Crippen molar-refractivity contribution in [3.8, 4) is 11.1 Å². The van der Waals surface area contributed by atoms with Gasteiger partial charge in [0.2, 0.25) is 0 Å². The maximum Gasteiger partial charge on any atom is 0.267 e. The van der Waals surface area contributed by atoms with Gasteiger partial charge in [-0.1, -0.05) is 36.4 Å². The van der Waals surface area contributed by atoms with Crippen LogP contribution in [0.2, 0.25) is 0 Å². The second kappa shape index (κ2) is 7.79. The molecule has 0 aromatic heterocycles. The Morgan fingerprint density at radius 2 is 1.50 bits per heavy atom. The number of hydrogen-bond donors (Lipinski definition) is 2. The summed E-state index contributed by atoms with van der Waals surface area (Å²) in [7, 11) is 0. The van der Waals surface area contributed by atoms with Crippen molar-refractivity contribution < 1.29 is 10.0 Å². The summed E-state index contributed by atoms with van der Waals surface area (Å²) in [6.07, 6.45) is 6.86. The van der Waals surface area contributed by atoms with Gasteiger partial charge in [0.25, 0.3) is 5.91 Å². The molecule has 1 heterocycles. The summed E-state index contributed by atoms with van der Waals surface area (Å²) in [5.41, 5.74) is 6.11. The Morgan fingerprint density at radius 1 is 0.917 bits per heavy atom. The number of hydroxylamine groups is 1. The maximum absolute atomic E-state index is 11.0. The van der Waals surface area contributed by atoms with Gasteiger partial charge in [0, 0.05) is 24.9 Å². The number of amides is 1. The largest absolute Gasteiger partial charge is 0.372 e. The Bertz CT molecular complexity index is 699. The average Bonchev–Trinajstić information content (AvgIpc) is 2.67. The first-order valence-corrected chi connectivity index (χ1v) is 8.34. The molecule has 0 radical (unpaired) electrons. The van der Waals surface area contributed by atoms with Crippen molar-refractivity contribution in [2.45, 2.75) is 19.3 Å². The Morgan fingerprint density at radius 3 is 2.08 bits per heavy atom. The standard InChI is InChI=1S/C20H22N2O2/c23-20(21-24)13-6-16-4-7-17(8-5-16)18-9-11-19(12-10-18)22-14-2-1-3-15-22/h4-13,24H,1-3,14-15H2,(H,21,23)/b13-6+. The molecule has 0 unspecified atom stereocenters. The molecular formula is C20H22N2O2. The number of carbonyl (C=O) groups is 1. The molecule has 3 rings (SSSR count). The predicted octanol–water partition coefficient (Wildman–Crippen LogP) is 3.86. The van der Waals surface area contributed by atoms with Gasteiger partial charge < -0.3 is 4.90 Å². The van der Waals surface area contributed by atoms with E-state index in [4.69, 9.17) is 5.21 Å². The quantitative estimate of drug-likeness (QED) is 0.510. The number of nitrogens with one attached hydrogen (secondary N) is 1. The molecule has 0 saturated carbocycles. The van der Waals surface area contributed by atoms with Crippen LogP contribution >= 0.6 is 0 Å². The first-order chi connectivity index (χ1) is 11.8. The van der Waals surface area contributed by atoms with Crippen molar-refractivity contribution in [1.29, 1.82) is 0 Å². The fourth-order valence-corrected chi connectivity index (χ4v) is 3.01. The van der Waals surface area contributed by atoms with E-state index in [-0.39, 0.29) is 0 Å². The number of anilines is 1. The number of benzene rings is 2. The summed E-state index contributed by atoms with van der Waals surface area (Å²) in [6.45, 7) is 2.31. The van der Waals surface area contributed by atoms with Gasteiger partial charge in [0.05, 0.1) is 0 Å². The number of piperidine rings is 1. The zero-order valence-corrected chi connectivity index (χ0v) is 13.6. The number of carbonyl (C=O) groups excluding carboxylic acids is 1. The highest BCUT2D eigenvalue weighted by atomic mass is 16.5. The van der Waals surface area contributed by atoms with E-state index in [0.29, 0.717) is 0 Å². The van der Waals surface area contributed by atoms with Gasteiger partial charge in [-0.25, -0.2) is 5.48 Å². The second-order valence-corrected chi connectivity index (χ2v) is 6.03. The third-order valence-electron chi connectivity index (χ3n) is 4.37. The molecule has 2 N–H and O–H groups in total. The van der Waals surface area contributed by atoms with Crippen molar-refractivity contribution in [1.82, 2.24) is 5.48 Å². The minimum Gasteiger partial charge on any atom is -0.372 e. The van der Waals surface area contributed by atoms with E-state index >= 15 is 0 Å². The zero-order chi connectivity index (χ0) is 16.8. The van der Waals surface area contributed by atoms with E-state index in [1.807, 2.05) is 24.3 Å². The normalized spacial score (nSPS) is 14.8. The summed E-state index contributed by atoms with van der Waals surface area (Å²) < 4.78 is 0. The monoisotopic (exact) mass is 322 g/mol. The van der Waals surface area contributed by atoms with Crippen LogP contribution in [-0.4, -0.2) is 24.2 Å². The van der Waals surface area contributed by atoms with Crippen molar-refractivity contribution >= 4 is 17.7 Å². The molecule has 2 aromatic carbocycles. The summed E-state index contributed by atoms with van der Waals surface area (Å²) in [6, 6.07) is 16.7.